The molecule has 2 aromatic rings. The second-order valence-electron chi connectivity index (χ2n) is 3.64. The Morgan fingerprint density at radius 3 is 3.12 bits per heavy atom. The van der Waals surface area contributed by atoms with Crippen molar-refractivity contribution in [3.63, 3.8) is 0 Å². The minimum absolute atomic E-state index is 0.622. The van der Waals surface area contributed by atoms with Crippen molar-refractivity contribution in [2.75, 3.05) is 6.61 Å². The lowest BCUT2D eigenvalue weighted by molar-refractivity contribution is 0.301. The number of nitrogens with zero attached hydrogens (tertiary/aromatic N) is 3. The lowest BCUT2D eigenvalue weighted by Gasteiger charge is -2.06. The largest absolute Gasteiger partial charge is 0.493 e. The van der Waals surface area contributed by atoms with E-state index in [-0.39, 0.29) is 0 Å². The lowest BCUT2D eigenvalue weighted by Crippen LogP contribution is -2.03. The van der Waals surface area contributed by atoms with Gasteiger partial charge in [-0.25, -0.2) is 4.98 Å². The van der Waals surface area contributed by atoms with Gasteiger partial charge in [0.05, 0.1) is 24.6 Å². The molecule has 0 unspecified atom stereocenters. The molecule has 4 nitrogen and oxygen atoms in total. The summed E-state index contributed by atoms with van der Waals surface area (Å²) >= 11 is 0. The highest BCUT2D eigenvalue weighted by atomic mass is 16.5. The molecule has 17 heavy (non-hydrogen) atoms. The van der Waals surface area contributed by atoms with Gasteiger partial charge in [0, 0.05) is 18.9 Å². The molecule has 2 rings (SSSR count). The molecule has 1 heterocycles. The van der Waals surface area contributed by atoms with Gasteiger partial charge in [-0.15, -0.1) is 0 Å². The van der Waals surface area contributed by atoms with Gasteiger partial charge in [-0.1, -0.05) is 6.07 Å². The average Bonchev–Trinajstić information content (AvgIpc) is 2.88. The van der Waals surface area contributed by atoms with Gasteiger partial charge in [-0.05, 0) is 24.6 Å². The Hall–Kier alpha value is -2.28. The molecule has 1 aromatic heterocycles. The number of nitriles is 1. The zero-order chi connectivity index (χ0) is 11.9. The molecule has 0 aliphatic carbocycles. The number of hydrogen-bond acceptors (Lipinski definition) is 3. The molecule has 0 N–H and O–H groups in total. The summed E-state index contributed by atoms with van der Waals surface area (Å²) in [5.74, 6) is 0.745. The van der Waals surface area contributed by atoms with Crippen molar-refractivity contribution in [1.82, 2.24) is 9.55 Å². The maximum absolute atomic E-state index is 8.74. The maximum atomic E-state index is 8.74. The van der Waals surface area contributed by atoms with Gasteiger partial charge >= 0.3 is 0 Å². The number of rotatable bonds is 5. The van der Waals surface area contributed by atoms with Crippen LogP contribution in [0.5, 0.6) is 5.75 Å². The Kier molecular flexibility index (Phi) is 3.77. The summed E-state index contributed by atoms with van der Waals surface area (Å²) < 4.78 is 7.57. The van der Waals surface area contributed by atoms with Gasteiger partial charge in [-0.3, -0.25) is 0 Å². The van der Waals surface area contributed by atoms with Crippen LogP contribution in [0.4, 0.5) is 0 Å². The summed E-state index contributed by atoms with van der Waals surface area (Å²) in [6.45, 7) is 1.52. The third kappa shape index (κ3) is 3.35. The standard InChI is InChI=1S/C13H13N3O/c14-10-12-3-1-4-13(9-12)17-8-2-6-16-7-5-15-11-16/h1,3-5,7,9,11H,2,6,8H2. The molecule has 0 atom stereocenters. The van der Waals surface area contributed by atoms with Gasteiger partial charge in [-0.2, -0.15) is 5.26 Å². The summed E-state index contributed by atoms with van der Waals surface area (Å²) in [7, 11) is 0. The first-order valence-electron chi connectivity index (χ1n) is 5.47. The number of ether oxygens (including phenoxy) is 1. The SMILES string of the molecule is N#Cc1cccc(OCCCn2ccnc2)c1. The van der Waals surface area contributed by atoms with Gasteiger partial charge in [0.25, 0.3) is 0 Å². The number of aryl methyl sites for hydroxylation is 1. The number of aromatic nitrogens is 2. The van der Waals surface area contributed by atoms with Crippen molar-refractivity contribution in [1.29, 1.82) is 5.26 Å². The molecule has 0 radical (unpaired) electrons. The maximum Gasteiger partial charge on any atom is 0.120 e. The molecule has 86 valence electrons. The number of imidazole rings is 1. The van der Waals surface area contributed by atoms with E-state index in [9.17, 15) is 0 Å². The van der Waals surface area contributed by atoms with Crippen LogP contribution in [-0.4, -0.2) is 16.2 Å². The predicted octanol–water partition coefficient (Wildman–Crippen LogP) is 2.22. The minimum Gasteiger partial charge on any atom is -0.493 e. The van der Waals surface area contributed by atoms with Gasteiger partial charge < -0.3 is 9.30 Å². The fourth-order valence-electron chi connectivity index (χ4n) is 1.51. The average molecular weight is 227 g/mol. The first-order chi connectivity index (χ1) is 8.38. The first-order valence-corrected chi connectivity index (χ1v) is 5.47. The van der Waals surface area contributed by atoms with E-state index < -0.39 is 0 Å². The van der Waals surface area contributed by atoms with Crippen LogP contribution >= 0.6 is 0 Å². The topological polar surface area (TPSA) is 50.8 Å². The smallest absolute Gasteiger partial charge is 0.120 e. The van der Waals surface area contributed by atoms with Crippen LogP contribution in [0.25, 0.3) is 0 Å². The molecule has 0 amide bonds. The molecule has 0 saturated heterocycles. The quantitative estimate of drug-likeness (QED) is 0.736. The number of benzene rings is 1. The van der Waals surface area contributed by atoms with Crippen molar-refractivity contribution < 1.29 is 4.74 Å². The van der Waals surface area contributed by atoms with Gasteiger partial charge in [0.2, 0.25) is 0 Å². The number of hydrogen-bond donors (Lipinski definition) is 0. The van der Waals surface area contributed by atoms with Crippen LogP contribution in [0.1, 0.15) is 12.0 Å². The molecule has 0 aliphatic rings. The van der Waals surface area contributed by atoms with Crippen molar-refractivity contribution in [3.8, 4) is 11.8 Å². The van der Waals surface area contributed by atoms with Crippen LogP contribution in [0, 0.1) is 11.3 Å². The summed E-state index contributed by atoms with van der Waals surface area (Å²) in [5, 5.41) is 8.74. The zero-order valence-electron chi connectivity index (χ0n) is 9.41. The Morgan fingerprint density at radius 1 is 1.41 bits per heavy atom. The Morgan fingerprint density at radius 2 is 2.35 bits per heavy atom. The summed E-state index contributed by atoms with van der Waals surface area (Å²) in [6, 6.07) is 9.28. The van der Waals surface area contributed by atoms with Crippen LogP contribution in [0.15, 0.2) is 43.0 Å². The van der Waals surface area contributed by atoms with E-state index in [2.05, 4.69) is 11.1 Å². The van der Waals surface area contributed by atoms with E-state index in [0.717, 1.165) is 18.7 Å². The third-order valence-corrected chi connectivity index (χ3v) is 2.35. The van der Waals surface area contributed by atoms with Crippen molar-refractivity contribution in [3.05, 3.63) is 48.5 Å². The van der Waals surface area contributed by atoms with E-state index in [0.29, 0.717) is 12.2 Å². The highest BCUT2D eigenvalue weighted by molar-refractivity contribution is 5.36. The molecule has 0 bridgehead atoms. The normalized spacial score (nSPS) is 9.82. The van der Waals surface area contributed by atoms with E-state index in [1.54, 1.807) is 24.7 Å². The third-order valence-electron chi connectivity index (χ3n) is 2.35. The molecule has 1 aromatic carbocycles. The van der Waals surface area contributed by atoms with Gasteiger partial charge in [0.1, 0.15) is 5.75 Å². The Bertz CT molecular complexity index is 500. The van der Waals surface area contributed by atoms with E-state index in [1.807, 2.05) is 22.9 Å². The van der Waals surface area contributed by atoms with Crippen molar-refractivity contribution >= 4 is 0 Å². The molecule has 0 saturated carbocycles. The highest BCUT2D eigenvalue weighted by Crippen LogP contribution is 2.12. The summed E-state index contributed by atoms with van der Waals surface area (Å²) in [6.07, 6.45) is 6.39. The van der Waals surface area contributed by atoms with Crippen molar-refractivity contribution in [2.45, 2.75) is 13.0 Å². The van der Waals surface area contributed by atoms with E-state index >= 15 is 0 Å². The Balaban J connectivity index is 1.76. The van der Waals surface area contributed by atoms with Crippen molar-refractivity contribution in [2.24, 2.45) is 0 Å². The molecule has 0 spiro atoms. The van der Waals surface area contributed by atoms with Crippen LogP contribution in [-0.2, 0) is 6.54 Å². The molecular weight excluding hydrogens is 214 g/mol. The second-order valence-corrected chi connectivity index (χ2v) is 3.64. The summed E-state index contributed by atoms with van der Waals surface area (Å²) in [4.78, 5) is 3.97. The lowest BCUT2D eigenvalue weighted by atomic mass is 10.2. The monoisotopic (exact) mass is 227 g/mol. The fraction of sp³-hybridized carbons (Fsp3) is 0.231. The highest BCUT2D eigenvalue weighted by Gasteiger charge is 1.96. The molecule has 4 heteroatoms. The van der Waals surface area contributed by atoms with Crippen LogP contribution < -0.4 is 4.74 Å². The van der Waals surface area contributed by atoms with Crippen LogP contribution in [0.2, 0.25) is 0 Å². The van der Waals surface area contributed by atoms with Gasteiger partial charge in [0.15, 0.2) is 0 Å². The molecule has 0 aliphatic heterocycles. The van der Waals surface area contributed by atoms with E-state index in [1.165, 1.54) is 0 Å². The molecule has 0 fully saturated rings. The van der Waals surface area contributed by atoms with E-state index in [4.69, 9.17) is 10.00 Å². The predicted molar refractivity (Wildman–Crippen MR) is 63.5 cm³/mol. The molecular formula is C13H13N3O. The second kappa shape index (κ2) is 5.71. The zero-order valence-corrected chi connectivity index (χ0v) is 9.41. The summed E-state index contributed by atoms with van der Waals surface area (Å²) in [5.41, 5.74) is 0.622. The first kappa shape index (κ1) is 11.2. The minimum atomic E-state index is 0.622. The fourth-order valence-corrected chi connectivity index (χ4v) is 1.51. The van der Waals surface area contributed by atoms with Crippen LogP contribution in [0.3, 0.4) is 0 Å². The Labute approximate surface area is 100 Å².